The minimum Gasteiger partial charge on any atom is -0.313 e. The Bertz CT molecular complexity index is 384. The van der Waals surface area contributed by atoms with Crippen LogP contribution < -0.4 is 5.32 Å². The highest BCUT2D eigenvalue weighted by molar-refractivity contribution is 5.19. The van der Waals surface area contributed by atoms with Gasteiger partial charge in [-0.1, -0.05) is 63.4 Å². The van der Waals surface area contributed by atoms with Crippen LogP contribution in [0, 0.1) is 5.92 Å². The van der Waals surface area contributed by atoms with Gasteiger partial charge >= 0.3 is 0 Å². The van der Waals surface area contributed by atoms with E-state index < -0.39 is 0 Å². The summed E-state index contributed by atoms with van der Waals surface area (Å²) in [6.07, 6.45) is 7.08. The molecular weight excluding hydrogens is 256 g/mol. The number of rotatable bonds is 7. The first-order chi connectivity index (χ1) is 10.3. The largest absolute Gasteiger partial charge is 0.313 e. The Morgan fingerprint density at radius 3 is 2.38 bits per heavy atom. The Morgan fingerprint density at radius 1 is 1.14 bits per heavy atom. The lowest BCUT2D eigenvalue weighted by Crippen LogP contribution is -2.41. The van der Waals surface area contributed by atoms with Crippen molar-refractivity contribution in [3.8, 4) is 0 Å². The molecule has 0 aliphatic heterocycles. The molecule has 2 unspecified atom stereocenters. The zero-order chi connectivity index (χ0) is 15.1. The molecule has 2 rings (SSSR count). The average molecular weight is 288 g/mol. The maximum Gasteiger partial charge on any atom is 0.0355 e. The average Bonchev–Trinajstić information content (AvgIpc) is 2.55. The zero-order valence-corrected chi connectivity index (χ0v) is 14.0. The maximum atomic E-state index is 3.52. The Labute approximate surface area is 130 Å². The quantitative estimate of drug-likeness (QED) is 0.807. The third-order valence-corrected chi connectivity index (χ3v) is 5.06. The van der Waals surface area contributed by atoms with Crippen LogP contribution >= 0.6 is 0 Å². The fourth-order valence-corrected chi connectivity index (χ4v) is 3.90. The van der Waals surface area contributed by atoms with E-state index in [1.54, 1.807) is 0 Å². The molecule has 118 valence electrons. The first-order valence-corrected chi connectivity index (χ1v) is 8.72. The maximum absolute atomic E-state index is 3.52. The smallest absolute Gasteiger partial charge is 0.0355 e. The first-order valence-electron chi connectivity index (χ1n) is 8.72. The summed E-state index contributed by atoms with van der Waals surface area (Å²) >= 11 is 0. The lowest BCUT2D eigenvalue weighted by molar-refractivity contribution is 0.133. The normalized spacial score (nSPS) is 19.6. The topological polar surface area (TPSA) is 15.3 Å². The van der Waals surface area contributed by atoms with Gasteiger partial charge in [-0.05, 0) is 37.9 Å². The van der Waals surface area contributed by atoms with Gasteiger partial charge in [0.2, 0.25) is 0 Å². The van der Waals surface area contributed by atoms with E-state index in [-0.39, 0.29) is 0 Å². The molecule has 0 heterocycles. The summed E-state index contributed by atoms with van der Waals surface area (Å²) in [7, 11) is 2.09. The molecule has 0 saturated heterocycles. The molecule has 1 aliphatic rings. The van der Waals surface area contributed by atoms with Gasteiger partial charge in [-0.25, -0.2) is 0 Å². The Balaban J connectivity index is 1.98. The van der Waals surface area contributed by atoms with E-state index in [1.807, 2.05) is 0 Å². The van der Waals surface area contributed by atoms with Crippen LogP contribution in [0.3, 0.4) is 0 Å². The molecule has 1 fully saturated rings. The highest BCUT2D eigenvalue weighted by Crippen LogP contribution is 2.27. The number of benzene rings is 1. The van der Waals surface area contributed by atoms with Crippen molar-refractivity contribution in [3.63, 3.8) is 0 Å². The van der Waals surface area contributed by atoms with E-state index in [1.165, 1.54) is 50.8 Å². The van der Waals surface area contributed by atoms with Gasteiger partial charge in [0.15, 0.2) is 0 Å². The minimum atomic E-state index is 0.448. The second-order valence-corrected chi connectivity index (χ2v) is 6.53. The fraction of sp³-hybridized carbons (Fsp3) is 0.684. The highest BCUT2D eigenvalue weighted by Gasteiger charge is 2.24. The predicted octanol–water partition coefficient (Wildman–Crippen LogP) is 4.24. The lowest BCUT2D eigenvalue weighted by Gasteiger charge is -2.37. The van der Waals surface area contributed by atoms with Gasteiger partial charge in [-0.2, -0.15) is 0 Å². The van der Waals surface area contributed by atoms with Gasteiger partial charge in [-0.3, -0.25) is 0 Å². The van der Waals surface area contributed by atoms with Crippen LogP contribution in [-0.2, 0) is 0 Å². The molecule has 1 aliphatic carbocycles. The minimum absolute atomic E-state index is 0.448. The van der Waals surface area contributed by atoms with Crippen LogP contribution in [0.1, 0.15) is 57.6 Å². The Kier molecular flexibility index (Phi) is 6.72. The van der Waals surface area contributed by atoms with Crippen molar-refractivity contribution in [1.29, 1.82) is 0 Å². The standard InChI is InChI=1S/C19H32N2/c1-4-21(18-13-9-6-10-14-18)15-16(2)19(20-3)17-11-7-5-8-12-17/h5,7-8,11-12,16,18-20H,4,6,9-10,13-15H2,1-3H3. The summed E-state index contributed by atoms with van der Waals surface area (Å²) in [5.41, 5.74) is 1.41. The van der Waals surface area contributed by atoms with E-state index in [0.717, 1.165) is 6.04 Å². The van der Waals surface area contributed by atoms with Crippen molar-refractivity contribution < 1.29 is 0 Å². The fourth-order valence-electron chi connectivity index (χ4n) is 3.90. The summed E-state index contributed by atoms with van der Waals surface area (Å²) in [5.74, 6) is 0.624. The van der Waals surface area contributed by atoms with Crippen molar-refractivity contribution in [2.24, 2.45) is 5.92 Å². The number of hydrogen-bond donors (Lipinski definition) is 1. The molecule has 1 saturated carbocycles. The number of nitrogens with one attached hydrogen (secondary N) is 1. The highest BCUT2D eigenvalue weighted by atomic mass is 15.2. The van der Waals surface area contributed by atoms with Crippen molar-refractivity contribution in [1.82, 2.24) is 10.2 Å². The van der Waals surface area contributed by atoms with Crippen molar-refractivity contribution in [3.05, 3.63) is 35.9 Å². The molecule has 0 radical (unpaired) electrons. The third kappa shape index (κ3) is 4.55. The molecule has 0 amide bonds. The van der Waals surface area contributed by atoms with Gasteiger partial charge in [0.05, 0.1) is 0 Å². The van der Waals surface area contributed by atoms with Gasteiger partial charge in [0.25, 0.3) is 0 Å². The number of nitrogens with zero attached hydrogens (tertiary/aromatic N) is 1. The molecule has 0 bridgehead atoms. The summed E-state index contributed by atoms with van der Waals surface area (Å²) in [4.78, 5) is 2.72. The lowest BCUT2D eigenvalue weighted by atomic mass is 9.90. The third-order valence-electron chi connectivity index (χ3n) is 5.06. The molecule has 1 aromatic carbocycles. The number of hydrogen-bond acceptors (Lipinski definition) is 2. The van der Waals surface area contributed by atoms with Crippen LogP contribution in [0.25, 0.3) is 0 Å². The molecule has 0 aromatic heterocycles. The second-order valence-electron chi connectivity index (χ2n) is 6.53. The van der Waals surface area contributed by atoms with E-state index in [0.29, 0.717) is 12.0 Å². The van der Waals surface area contributed by atoms with Crippen LogP contribution in [-0.4, -0.2) is 31.1 Å². The summed E-state index contributed by atoms with van der Waals surface area (Å²) in [6, 6.07) is 12.1. The Hall–Kier alpha value is -0.860. The molecule has 0 spiro atoms. The SMILES string of the molecule is CCN(CC(C)C(NC)c1ccccc1)C1CCCCC1. The van der Waals surface area contributed by atoms with E-state index in [2.05, 4.69) is 61.4 Å². The summed E-state index contributed by atoms with van der Waals surface area (Å²) in [6.45, 7) is 7.08. The Morgan fingerprint density at radius 2 is 1.81 bits per heavy atom. The molecular formula is C19H32N2. The summed E-state index contributed by atoms with van der Waals surface area (Å²) < 4.78 is 0. The molecule has 2 atom stereocenters. The van der Waals surface area contributed by atoms with Crippen molar-refractivity contribution in [2.45, 2.75) is 58.0 Å². The van der Waals surface area contributed by atoms with Crippen LogP contribution in [0.5, 0.6) is 0 Å². The molecule has 21 heavy (non-hydrogen) atoms. The van der Waals surface area contributed by atoms with Crippen molar-refractivity contribution in [2.75, 3.05) is 20.1 Å². The van der Waals surface area contributed by atoms with Crippen molar-refractivity contribution >= 4 is 0 Å². The molecule has 2 heteroatoms. The van der Waals surface area contributed by atoms with E-state index in [9.17, 15) is 0 Å². The van der Waals surface area contributed by atoms with Gasteiger partial charge in [-0.15, -0.1) is 0 Å². The van der Waals surface area contributed by atoms with E-state index in [4.69, 9.17) is 0 Å². The molecule has 1 N–H and O–H groups in total. The first kappa shape index (κ1) is 16.5. The molecule has 2 nitrogen and oxygen atoms in total. The monoisotopic (exact) mass is 288 g/mol. The van der Waals surface area contributed by atoms with E-state index >= 15 is 0 Å². The van der Waals surface area contributed by atoms with Crippen LogP contribution in [0.4, 0.5) is 0 Å². The van der Waals surface area contributed by atoms with Crippen LogP contribution in [0.2, 0.25) is 0 Å². The second kappa shape index (κ2) is 8.55. The predicted molar refractivity (Wildman–Crippen MR) is 91.5 cm³/mol. The van der Waals surface area contributed by atoms with Gasteiger partial charge in [0.1, 0.15) is 0 Å². The van der Waals surface area contributed by atoms with Crippen LogP contribution in [0.15, 0.2) is 30.3 Å². The van der Waals surface area contributed by atoms with Gasteiger partial charge < -0.3 is 10.2 Å². The summed E-state index contributed by atoms with van der Waals surface area (Å²) in [5, 5.41) is 3.52. The molecule has 1 aromatic rings. The zero-order valence-electron chi connectivity index (χ0n) is 14.0. The van der Waals surface area contributed by atoms with Gasteiger partial charge in [0, 0.05) is 18.6 Å².